The summed E-state index contributed by atoms with van der Waals surface area (Å²) in [6.07, 6.45) is 3.27. The smallest absolute Gasteiger partial charge is 0.326 e. The predicted molar refractivity (Wildman–Crippen MR) is 129 cm³/mol. The average Bonchev–Trinajstić information content (AvgIpc) is 3.08. The van der Waals surface area contributed by atoms with E-state index in [-0.39, 0.29) is 17.7 Å². The average molecular weight is 482 g/mol. The number of rotatable bonds is 7. The van der Waals surface area contributed by atoms with Crippen LogP contribution in [0.15, 0.2) is 36.4 Å². The van der Waals surface area contributed by atoms with Crippen LogP contribution >= 0.6 is 0 Å². The molecule has 2 unspecified atom stereocenters. The molecule has 2 atom stereocenters. The highest BCUT2D eigenvalue weighted by Gasteiger charge is 2.55. The van der Waals surface area contributed by atoms with Gasteiger partial charge >= 0.3 is 12.0 Å². The van der Waals surface area contributed by atoms with Gasteiger partial charge in [0, 0.05) is 13.6 Å². The molecule has 2 aromatic carbocycles. The maximum atomic E-state index is 13.0. The zero-order chi connectivity index (χ0) is 25.2. The molecule has 1 aliphatic carbocycles. The molecule has 4 rings (SSSR count). The Kier molecular flexibility index (Phi) is 6.95. The Bertz CT molecular complexity index is 1160. The monoisotopic (exact) mass is 481 g/mol. The standard InChI is InChI=1S/C26H31N3O6/c1-17-6-4-5-11-26(17)24(32)29(25(33)27-26)15-23(31)35-16-22(30)28(2)14-18-7-8-20-13-21(34-3)10-9-19(20)12-18/h7-10,12-13,17H,4-6,11,14-16H2,1-3H3,(H,27,33). The van der Waals surface area contributed by atoms with Crippen LogP contribution in [0.4, 0.5) is 4.79 Å². The molecule has 1 aliphatic heterocycles. The third-order valence-corrected chi connectivity index (χ3v) is 7.10. The van der Waals surface area contributed by atoms with Crippen LogP contribution in [0.3, 0.4) is 0 Å². The first-order valence-corrected chi connectivity index (χ1v) is 11.8. The molecule has 1 heterocycles. The van der Waals surface area contributed by atoms with Crippen molar-refractivity contribution in [1.82, 2.24) is 15.1 Å². The molecular weight excluding hydrogens is 450 g/mol. The number of carbonyl (C=O) groups is 4. The topological polar surface area (TPSA) is 105 Å². The summed E-state index contributed by atoms with van der Waals surface area (Å²) in [4.78, 5) is 52.6. The van der Waals surface area contributed by atoms with E-state index >= 15 is 0 Å². The first-order valence-electron chi connectivity index (χ1n) is 11.8. The first kappa shape index (κ1) is 24.5. The Morgan fingerprint density at radius 1 is 1.14 bits per heavy atom. The van der Waals surface area contributed by atoms with Gasteiger partial charge < -0.3 is 19.7 Å². The van der Waals surface area contributed by atoms with Crippen LogP contribution in [0.25, 0.3) is 10.8 Å². The van der Waals surface area contributed by atoms with Crippen molar-refractivity contribution in [2.24, 2.45) is 5.92 Å². The number of benzene rings is 2. The van der Waals surface area contributed by atoms with Gasteiger partial charge in [-0.15, -0.1) is 0 Å². The molecule has 0 radical (unpaired) electrons. The number of urea groups is 1. The number of imide groups is 1. The van der Waals surface area contributed by atoms with Gasteiger partial charge in [-0.2, -0.15) is 0 Å². The van der Waals surface area contributed by atoms with Gasteiger partial charge in [-0.25, -0.2) is 4.79 Å². The van der Waals surface area contributed by atoms with E-state index in [0.29, 0.717) is 13.0 Å². The fraction of sp³-hybridized carbons (Fsp3) is 0.462. The quantitative estimate of drug-likeness (QED) is 0.482. The summed E-state index contributed by atoms with van der Waals surface area (Å²) in [6, 6.07) is 11.1. The molecule has 35 heavy (non-hydrogen) atoms. The highest BCUT2D eigenvalue weighted by atomic mass is 16.5. The minimum atomic E-state index is -0.934. The second-order valence-corrected chi connectivity index (χ2v) is 9.40. The van der Waals surface area contributed by atoms with Crippen LogP contribution in [-0.2, 0) is 25.7 Å². The highest BCUT2D eigenvalue weighted by molar-refractivity contribution is 6.09. The van der Waals surface area contributed by atoms with Crippen molar-refractivity contribution in [3.63, 3.8) is 0 Å². The zero-order valence-corrected chi connectivity index (χ0v) is 20.3. The van der Waals surface area contributed by atoms with Crippen LogP contribution < -0.4 is 10.1 Å². The highest BCUT2D eigenvalue weighted by Crippen LogP contribution is 2.38. The van der Waals surface area contributed by atoms with Crippen LogP contribution in [0.1, 0.15) is 38.2 Å². The summed E-state index contributed by atoms with van der Waals surface area (Å²) in [5, 5.41) is 4.85. The second kappa shape index (κ2) is 9.93. The molecule has 2 fully saturated rings. The van der Waals surface area contributed by atoms with Crippen LogP contribution in [0.5, 0.6) is 5.75 Å². The Labute approximate surface area is 204 Å². The molecule has 1 N–H and O–H groups in total. The Morgan fingerprint density at radius 2 is 1.89 bits per heavy atom. The number of amides is 4. The van der Waals surface area contributed by atoms with Crippen molar-refractivity contribution in [3.05, 3.63) is 42.0 Å². The van der Waals surface area contributed by atoms with E-state index in [4.69, 9.17) is 9.47 Å². The third kappa shape index (κ3) is 4.94. The lowest BCUT2D eigenvalue weighted by atomic mass is 9.73. The van der Waals surface area contributed by atoms with Crippen molar-refractivity contribution in [2.45, 2.75) is 44.7 Å². The molecule has 0 aromatic heterocycles. The summed E-state index contributed by atoms with van der Waals surface area (Å²) in [6.45, 7) is 1.31. The predicted octanol–water partition coefficient (Wildman–Crippen LogP) is 2.85. The molecule has 1 saturated carbocycles. The van der Waals surface area contributed by atoms with Gasteiger partial charge in [0.05, 0.1) is 7.11 Å². The maximum Gasteiger partial charge on any atom is 0.326 e. The Hall–Kier alpha value is -3.62. The number of carbonyl (C=O) groups excluding carboxylic acids is 4. The molecule has 9 nitrogen and oxygen atoms in total. The fourth-order valence-electron chi connectivity index (χ4n) is 4.93. The molecule has 0 bridgehead atoms. The maximum absolute atomic E-state index is 13.0. The number of likely N-dealkylation sites (N-methyl/N-ethyl adjacent to an activating group) is 1. The van der Waals surface area contributed by atoms with Gasteiger partial charge in [0.1, 0.15) is 17.8 Å². The lowest BCUT2D eigenvalue weighted by molar-refractivity contribution is -0.153. The number of esters is 1. The van der Waals surface area contributed by atoms with E-state index < -0.39 is 30.7 Å². The van der Waals surface area contributed by atoms with Crippen molar-refractivity contribution in [1.29, 1.82) is 0 Å². The number of nitrogens with zero attached hydrogens (tertiary/aromatic N) is 2. The van der Waals surface area contributed by atoms with Crippen molar-refractivity contribution in [2.75, 3.05) is 27.3 Å². The summed E-state index contributed by atoms with van der Waals surface area (Å²) in [7, 11) is 3.24. The molecular formula is C26H31N3O6. The van der Waals surface area contributed by atoms with Gasteiger partial charge in [0.2, 0.25) is 0 Å². The van der Waals surface area contributed by atoms with Crippen LogP contribution in [0, 0.1) is 5.92 Å². The van der Waals surface area contributed by atoms with Gasteiger partial charge in [0.25, 0.3) is 11.8 Å². The minimum Gasteiger partial charge on any atom is -0.497 e. The number of hydrogen-bond donors (Lipinski definition) is 1. The Balaban J connectivity index is 1.29. The minimum absolute atomic E-state index is 0.00100. The normalized spacial score (nSPS) is 21.8. The van der Waals surface area contributed by atoms with Gasteiger partial charge in [0.15, 0.2) is 6.61 Å². The zero-order valence-electron chi connectivity index (χ0n) is 20.3. The summed E-state index contributed by atoms with van der Waals surface area (Å²) in [5.74, 6) is -0.792. The fourth-order valence-corrected chi connectivity index (χ4v) is 4.93. The molecule has 2 aromatic rings. The molecule has 9 heteroatoms. The number of nitrogens with one attached hydrogen (secondary N) is 1. The lowest BCUT2D eigenvalue weighted by Gasteiger charge is -2.36. The summed E-state index contributed by atoms with van der Waals surface area (Å²) < 4.78 is 10.3. The van der Waals surface area contributed by atoms with Crippen LogP contribution in [0.2, 0.25) is 0 Å². The third-order valence-electron chi connectivity index (χ3n) is 7.10. The van der Waals surface area contributed by atoms with Gasteiger partial charge in [-0.1, -0.05) is 38.0 Å². The van der Waals surface area contributed by atoms with Gasteiger partial charge in [-0.3, -0.25) is 19.3 Å². The van der Waals surface area contributed by atoms with Crippen molar-refractivity contribution < 1.29 is 28.7 Å². The van der Waals surface area contributed by atoms with E-state index in [1.54, 1.807) is 14.2 Å². The first-order chi connectivity index (χ1) is 16.7. The second-order valence-electron chi connectivity index (χ2n) is 9.40. The van der Waals surface area contributed by atoms with Gasteiger partial charge in [-0.05, 0) is 53.3 Å². The van der Waals surface area contributed by atoms with E-state index in [0.717, 1.165) is 46.2 Å². The molecule has 1 spiro atoms. The van der Waals surface area contributed by atoms with E-state index in [1.807, 2.05) is 43.3 Å². The summed E-state index contributed by atoms with van der Waals surface area (Å²) >= 11 is 0. The summed E-state index contributed by atoms with van der Waals surface area (Å²) in [5.41, 5.74) is -0.00697. The number of methoxy groups -OCH3 is 1. The van der Waals surface area contributed by atoms with Crippen molar-refractivity contribution in [3.8, 4) is 5.75 Å². The number of hydrogen-bond acceptors (Lipinski definition) is 6. The Morgan fingerprint density at radius 3 is 2.63 bits per heavy atom. The molecule has 1 saturated heterocycles. The van der Waals surface area contributed by atoms with Crippen LogP contribution in [-0.4, -0.2) is 66.5 Å². The molecule has 4 amide bonds. The van der Waals surface area contributed by atoms with Crippen molar-refractivity contribution >= 4 is 34.6 Å². The number of ether oxygens (including phenoxy) is 2. The van der Waals surface area contributed by atoms with E-state index in [9.17, 15) is 19.2 Å². The van der Waals surface area contributed by atoms with E-state index in [1.165, 1.54) is 4.90 Å². The largest absolute Gasteiger partial charge is 0.497 e. The van der Waals surface area contributed by atoms with E-state index in [2.05, 4.69) is 5.32 Å². The number of fused-ring (bicyclic) bond motifs is 1. The lowest BCUT2D eigenvalue weighted by Crippen LogP contribution is -2.54. The molecule has 2 aliphatic rings. The molecule has 186 valence electrons. The SMILES string of the molecule is COc1ccc2cc(CN(C)C(=O)COC(=O)CN3C(=O)NC4(CCCCC4C)C3=O)ccc2c1.